The van der Waals surface area contributed by atoms with Crippen molar-refractivity contribution in [2.24, 2.45) is 0 Å². The van der Waals surface area contributed by atoms with Gasteiger partial charge in [0, 0.05) is 0 Å². The molecule has 1 aliphatic heterocycles. The summed E-state index contributed by atoms with van der Waals surface area (Å²) < 4.78 is 0.404. The topological polar surface area (TPSA) is 78.4 Å². The van der Waals surface area contributed by atoms with E-state index in [2.05, 4.69) is 26.6 Å². The molecule has 3 N–H and O–H groups in total. The molecule has 0 aliphatic carbocycles. The molecule has 17 heavy (non-hydrogen) atoms. The summed E-state index contributed by atoms with van der Waals surface area (Å²) in [5, 5.41) is 14.0. The lowest BCUT2D eigenvalue weighted by atomic mass is 10.2. The number of hydrogen-bond acceptors (Lipinski definition) is 3. The third-order valence-electron chi connectivity index (χ3n) is 2.07. The minimum atomic E-state index is -0.565. The van der Waals surface area contributed by atoms with E-state index in [0.29, 0.717) is 10.0 Å². The summed E-state index contributed by atoms with van der Waals surface area (Å²) in [6.07, 6.45) is 1.45. The van der Waals surface area contributed by atoms with Gasteiger partial charge in [0.15, 0.2) is 0 Å². The monoisotopic (exact) mass is 316 g/mol. The Morgan fingerprint density at radius 3 is 2.53 bits per heavy atom. The Bertz CT molecular complexity index is 533. The van der Waals surface area contributed by atoms with E-state index in [9.17, 15) is 14.7 Å². The molecule has 0 atom stereocenters. The van der Waals surface area contributed by atoms with Gasteiger partial charge in [-0.1, -0.05) is 11.6 Å². The molecule has 1 fully saturated rings. The number of phenols is 1. The van der Waals surface area contributed by atoms with Crippen molar-refractivity contribution in [3.8, 4) is 5.75 Å². The highest BCUT2D eigenvalue weighted by Gasteiger charge is 2.22. The summed E-state index contributed by atoms with van der Waals surface area (Å²) in [5.41, 5.74) is 0.704. The maximum Gasteiger partial charge on any atom is 0.326 e. The summed E-state index contributed by atoms with van der Waals surface area (Å²) in [6.45, 7) is 0. The molecule has 5 nitrogen and oxygen atoms in total. The van der Waals surface area contributed by atoms with Crippen LogP contribution in [0.4, 0.5) is 4.79 Å². The summed E-state index contributed by atoms with van der Waals surface area (Å²) in [5.74, 6) is -0.580. The smallest absolute Gasteiger partial charge is 0.326 e. The van der Waals surface area contributed by atoms with Crippen LogP contribution >= 0.6 is 27.5 Å². The van der Waals surface area contributed by atoms with Crippen molar-refractivity contribution < 1.29 is 14.7 Å². The molecule has 88 valence electrons. The molecule has 0 bridgehead atoms. The quantitative estimate of drug-likeness (QED) is 0.547. The molecule has 1 aliphatic rings. The molecule has 1 aromatic carbocycles. The first-order chi connectivity index (χ1) is 7.97. The average Bonchev–Trinajstić information content (AvgIpc) is 2.54. The van der Waals surface area contributed by atoms with Gasteiger partial charge in [-0.05, 0) is 39.7 Å². The van der Waals surface area contributed by atoms with Gasteiger partial charge in [0.2, 0.25) is 0 Å². The molecule has 7 heteroatoms. The van der Waals surface area contributed by atoms with Crippen LogP contribution in [0.3, 0.4) is 0 Å². The third kappa shape index (κ3) is 2.42. The number of imide groups is 1. The van der Waals surface area contributed by atoms with E-state index in [4.69, 9.17) is 11.6 Å². The van der Waals surface area contributed by atoms with E-state index in [1.165, 1.54) is 12.1 Å². The number of urea groups is 1. The van der Waals surface area contributed by atoms with Crippen LogP contribution in [0.1, 0.15) is 5.56 Å². The van der Waals surface area contributed by atoms with E-state index in [1.54, 1.807) is 6.07 Å². The number of carbonyl (C=O) groups is 2. The van der Waals surface area contributed by atoms with Gasteiger partial charge in [0.25, 0.3) is 5.91 Å². The Morgan fingerprint density at radius 2 is 2.00 bits per heavy atom. The molecular weight excluding hydrogens is 311 g/mol. The number of amides is 3. The normalized spacial score (nSPS) is 17.2. The van der Waals surface area contributed by atoms with Gasteiger partial charge in [-0.3, -0.25) is 10.1 Å². The standard InChI is InChI=1S/C10H6BrClN2O3/c11-5-1-4(2-6(12)8(5)15)3-7-9(16)14-10(17)13-7/h1-3,15H,(H2,13,14,16,17)/b7-3-. The lowest BCUT2D eigenvalue weighted by Crippen LogP contribution is -2.22. The van der Waals surface area contributed by atoms with Crippen LogP contribution in [0.15, 0.2) is 22.3 Å². The Balaban J connectivity index is 2.40. The van der Waals surface area contributed by atoms with Crippen molar-refractivity contribution in [1.29, 1.82) is 0 Å². The number of halogens is 2. The summed E-state index contributed by atoms with van der Waals surface area (Å²) in [6, 6.07) is 2.49. The highest BCUT2D eigenvalue weighted by Crippen LogP contribution is 2.33. The molecule has 3 amide bonds. The van der Waals surface area contributed by atoms with Crippen LogP contribution in [-0.4, -0.2) is 17.0 Å². The molecule has 2 rings (SSSR count). The van der Waals surface area contributed by atoms with Crippen molar-refractivity contribution in [3.05, 3.63) is 32.9 Å². The van der Waals surface area contributed by atoms with Gasteiger partial charge >= 0.3 is 6.03 Å². The number of nitrogens with one attached hydrogen (secondary N) is 2. The molecule has 1 aromatic rings. The number of rotatable bonds is 1. The zero-order chi connectivity index (χ0) is 12.6. The number of hydrogen-bond donors (Lipinski definition) is 3. The average molecular weight is 318 g/mol. The van der Waals surface area contributed by atoms with Gasteiger partial charge in [-0.15, -0.1) is 0 Å². The largest absolute Gasteiger partial charge is 0.505 e. The number of phenolic OH excluding ortho intramolecular Hbond substituents is 1. The van der Waals surface area contributed by atoms with Crippen molar-refractivity contribution in [2.45, 2.75) is 0 Å². The number of carbonyl (C=O) groups excluding carboxylic acids is 2. The lowest BCUT2D eigenvalue weighted by molar-refractivity contribution is -0.115. The number of benzene rings is 1. The second kappa shape index (κ2) is 4.38. The second-order valence-corrected chi connectivity index (χ2v) is 4.56. The minimum Gasteiger partial charge on any atom is -0.505 e. The second-order valence-electron chi connectivity index (χ2n) is 3.30. The highest BCUT2D eigenvalue weighted by atomic mass is 79.9. The van der Waals surface area contributed by atoms with Crippen LogP contribution in [0, 0.1) is 0 Å². The fourth-order valence-electron chi connectivity index (χ4n) is 1.32. The minimum absolute atomic E-state index is 0.0753. The zero-order valence-corrected chi connectivity index (χ0v) is 10.6. The van der Waals surface area contributed by atoms with Gasteiger partial charge in [0.05, 0.1) is 9.50 Å². The Morgan fingerprint density at radius 1 is 1.29 bits per heavy atom. The van der Waals surface area contributed by atoms with Crippen LogP contribution in [0.25, 0.3) is 6.08 Å². The van der Waals surface area contributed by atoms with Crippen molar-refractivity contribution in [2.75, 3.05) is 0 Å². The van der Waals surface area contributed by atoms with Crippen molar-refractivity contribution >= 4 is 45.5 Å². The van der Waals surface area contributed by atoms with Gasteiger partial charge < -0.3 is 10.4 Å². The fraction of sp³-hybridized carbons (Fsp3) is 0. The Hall–Kier alpha value is -1.53. The van der Waals surface area contributed by atoms with Crippen LogP contribution in [0.2, 0.25) is 5.02 Å². The summed E-state index contributed by atoms with van der Waals surface area (Å²) in [7, 11) is 0. The number of aromatic hydroxyl groups is 1. The summed E-state index contributed by atoms with van der Waals surface area (Å²) in [4.78, 5) is 22.2. The molecule has 1 saturated heterocycles. The molecule has 1 heterocycles. The van der Waals surface area contributed by atoms with E-state index in [1.807, 2.05) is 0 Å². The molecule has 0 spiro atoms. The molecule has 0 saturated carbocycles. The third-order valence-corrected chi connectivity index (χ3v) is 2.96. The predicted molar refractivity (Wildman–Crippen MR) is 65.5 cm³/mol. The molecular formula is C10H6BrClN2O3. The first kappa shape index (κ1) is 11.9. The highest BCUT2D eigenvalue weighted by molar-refractivity contribution is 9.10. The summed E-state index contributed by atoms with van der Waals surface area (Å²) >= 11 is 8.89. The Kier molecular flexibility index (Phi) is 3.08. The van der Waals surface area contributed by atoms with Crippen molar-refractivity contribution in [3.63, 3.8) is 0 Å². The van der Waals surface area contributed by atoms with Crippen molar-refractivity contribution in [1.82, 2.24) is 10.6 Å². The van der Waals surface area contributed by atoms with E-state index in [0.717, 1.165) is 0 Å². The predicted octanol–water partition coefficient (Wildman–Crippen LogP) is 1.99. The molecule has 0 aromatic heterocycles. The molecule has 0 radical (unpaired) electrons. The maximum atomic E-state index is 11.3. The SMILES string of the molecule is O=C1NC(=O)/C(=C/c2cc(Cl)c(O)c(Br)c2)N1. The van der Waals surface area contributed by atoms with E-state index >= 15 is 0 Å². The van der Waals surface area contributed by atoms with E-state index in [-0.39, 0.29) is 16.5 Å². The molecule has 0 unspecified atom stereocenters. The fourth-order valence-corrected chi connectivity index (χ4v) is 2.14. The Labute approximate surface area is 110 Å². The van der Waals surface area contributed by atoms with Crippen LogP contribution in [-0.2, 0) is 4.79 Å². The maximum absolute atomic E-state index is 11.3. The van der Waals surface area contributed by atoms with Gasteiger partial charge in [-0.2, -0.15) is 0 Å². The van der Waals surface area contributed by atoms with Crippen LogP contribution in [0.5, 0.6) is 5.75 Å². The van der Waals surface area contributed by atoms with Gasteiger partial charge in [0.1, 0.15) is 11.4 Å². The first-order valence-electron chi connectivity index (χ1n) is 4.49. The van der Waals surface area contributed by atoms with E-state index < -0.39 is 11.9 Å². The first-order valence-corrected chi connectivity index (χ1v) is 5.66. The lowest BCUT2D eigenvalue weighted by Gasteiger charge is -2.02. The zero-order valence-electron chi connectivity index (χ0n) is 8.25. The van der Waals surface area contributed by atoms with Gasteiger partial charge in [-0.25, -0.2) is 4.79 Å². The van der Waals surface area contributed by atoms with Crippen LogP contribution < -0.4 is 10.6 Å².